The van der Waals surface area contributed by atoms with Crippen molar-refractivity contribution in [1.82, 2.24) is 9.62 Å². The van der Waals surface area contributed by atoms with E-state index in [1.807, 2.05) is 24.3 Å². The number of carbonyl (C=O) groups is 1. The van der Waals surface area contributed by atoms with E-state index in [1.165, 1.54) is 16.4 Å². The van der Waals surface area contributed by atoms with Gasteiger partial charge >= 0.3 is 0 Å². The Hall–Kier alpha value is -1.16. The number of hydrogen-bond acceptors (Lipinski definition) is 3. The molecule has 0 radical (unpaired) electrons. The Bertz CT molecular complexity index is 919. The maximum Gasteiger partial charge on any atom is 0.244 e. The molecular formula is C19H20ClIN2O3S. The quantitative estimate of drug-likeness (QED) is 0.612. The molecule has 2 aromatic carbocycles. The number of nitrogens with zero attached hydrogens (tertiary/aromatic N) is 1. The van der Waals surface area contributed by atoms with Crippen molar-refractivity contribution >= 4 is 50.1 Å². The van der Waals surface area contributed by atoms with Gasteiger partial charge < -0.3 is 5.32 Å². The van der Waals surface area contributed by atoms with Gasteiger partial charge in [0, 0.05) is 21.7 Å². The Morgan fingerprint density at radius 2 is 1.89 bits per heavy atom. The number of hydrogen-bond donors (Lipinski definition) is 1. The first-order chi connectivity index (χ1) is 12.9. The Kier molecular flexibility index (Phi) is 6.78. The molecule has 1 aliphatic heterocycles. The topological polar surface area (TPSA) is 66.5 Å². The Morgan fingerprint density at radius 3 is 2.59 bits per heavy atom. The van der Waals surface area contributed by atoms with Gasteiger partial charge in [-0.15, -0.1) is 0 Å². The van der Waals surface area contributed by atoms with Crippen LogP contribution in [0.15, 0.2) is 53.4 Å². The molecule has 5 nitrogen and oxygen atoms in total. The summed E-state index contributed by atoms with van der Waals surface area (Å²) in [6.45, 7) is 0.716. The minimum Gasteiger partial charge on any atom is -0.355 e. The number of halogens is 2. The molecule has 1 amide bonds. The molecule has 1 N–H and O–H groups in total. The summed E-state index contributed by atoms with van der Waals surface area (Å²) in [4.78, 5) is 12.7. The third-order valence-electron chi connectivity index (χ3n) is 4.50. The second kappa shape index (κ2) is 8.89. The number of amides is 1. The number of nitrogens with one attached hydrogen (secondary N) is 1. The summed E-state index contributed by atoms with van der Waals surface area (Å²) in [5.41, 5.74) is 0.844. The van der Waals surface area contributed by atoms with E-state index in [9.17, 15) is 13.2 Å². The molecule has 27 heavy (non-hydrogen) atoms. The second-order valence-electron chi connectivity index (χ2n) is 6.44. The number of carbonyl (C=O) groups excluding carboxylic acids is 1. The summed E-state index contributed by atoms with van der Waals surface area (Å²) in [5.74, 6) is -0.240. The monoisotopic (exact) mass is 518 g/mol. The van der Waals surface area contributed by atoms with E-state index in [4.69, 9.17) is 11.6 Å². The predicted octanol–water partition coefficient (Wildman–Crippen LogP) is 3.80. The van der Waals surface area contributed by atoms with E-state index < -0.39 is 16.1 Å². The van der Waals surface area contributed by atoms with E-state index in [-0.39, 0.29) is 17.3 Å². The summed E-state index contributed by atoms with van der Waals surface area (Å²) in [6, 6.07) is 13.0. The molecule has 2 aromatic rings. The Labute approximate surface area is 178 Å². The summed E-state index contributed by atoms with van der Waals surface area (Å²) >= 11 is 8.10. The molecular weight excluding hydrogens is 499 g/mol. The first-order valence-corrected chi connectivity index (χ1v) is 11.6. The number of rotatable bonds is 5. The van der Waals surface area contributed by atoms with E-state index in [1.54, 1.807) is 12.1 Å². The van der Waals surface area contributed by atoms with Crippen LogP contribution in [-0.2, 0) is 21.4 Å². The molecule has 3 rings (SSSR count). The molecule has 1 aliphatic rings. The molecule has 0 saturated carbocycles. The Balaban J connectivity index is 2.02. The summed E-state index contributed by atoms with van der Waals surface area (Å²) < 4.78 is 29.1. The van der Waals surface area contributed by atoms with Crippen LogP contribution in [0, 0.1) is 3.57 Å². The van der Waals surface area contributed by atoms with Gasteiger partial charge in [0.2, 0.25) is 15.9 Å². The van der Waals surface area contributed by atoms with Crippen LogP contribution in [0.1, 0.15) is 24.8 Å². The van der Waals surface area contributed by atoms with E-state index in [0.29, 0.717) is 18.0 Å². The van der Waals surface area contributed by atoms with Crippen LogP contribution < -0.4 is 5.32 Å². The fourth-order valence-electron chi connectivity index (χ4n) is 3.12. The van der Waals surface area contributed by atoms with Gasteiger partial charge in [0.1, 0.15) is 6.04 Å². The maximum absolute atomic E-state index is 13.4. The van der Waals surface area contributed by atoms with Gasteiger partial charge in [-0.1, -0.05) is 23.7 Å². The van der Waals surface area contributed by atoms with Crippen LogP contribution in [0.25, 0.3) is 0 Å². The molecule has 1 fully saturated rings. The zero-order chi connectivity index (χ0) is 19.4. The van der Waals surface area contributed by atoms with Gasteiger partial charge in [-0.05, 0) is 83.8 Å². The maximum atomic E-state index is 13.4. The van der Waals surface area contributed by atoms with Crippen molar-refractivity contribution in [2.24, 2.45) is 0 Å². The third kappa shape index (κ3) is 5.01. The highest BCUT2D eigenvalue weighted by atomic mass is 127. The fourth-order valence-corrected chi connectivity index (χ4v) is 5.46. The largest absolute Gasteiger partial charge is 0.355 e. The van der Waals surface area contributed by atoms with Crippen molar-refractivity contribution < 1.29 is 13.2 Å². The van der Waals surface area contributed by atoms with Crippen molar-refractivity contribution in [1.29, 1.82) is 0 Å². The summed E-state index contributed by atoms with van der Waals surface area (Å²) in [6.07, 6.45) is 2.14. The van der Waals surface area contributed by atoms with Crippen molar-refractivity contribution in [2.75, 3.05) is 6.54 Å². The lowest BCUT2D eigenvalue weighted by atomic mass is 10.1. The molecule has 1 heterocycles. The minimum absolute atomic E-state index is 0.134. The first-order valence-electron chi connectivity index (χ1n) is 8.67. The summed E-state index contributed by atoms with van der Waals surface area (Å²) in [7, 11) is -3.87. The average Bonchev–Trinajstić information content (AvgIpc) is 2.84. The highest BCUT2D eigenvalue weighted by molar-refractivity contribution is 14.1. The molecule has 1 atom stereocenters. The summed E-state index contributed by atoms with van der Waals surface area (Å²) in [5, 5.41) is 3.30. The van der Waals surface area contributed by atoms with Crippen LogP contribution in [0.4, 0.5) is 0 Å². The number of benzene rings is 2. The van der Waals surface area contributed by atoms with Gasteiger partial charge in [0.05, 0.1) is 4.90 Å². The lowest BCUT2D eigenvalue weighted by Gasteiger charge is -2.29. The number of sulfonamides is 1. The standard InChI is InChI=1S/C19H20ClIN2O3S/c20-15-7-9-17(10-8-15)27(25,26)23(13-14-4-3-5-16(21)12-14)18-6-1-2-11-22-19(18)24/h3-5,7-10,12,18H,1-2,6,11,13H2,(H,22,24)/t18-/m1/s1. The molecule has 0 unspecified atom stereocenters. The molecule has 8 heteroatoms. The fraction of sp³-hybridized carbons (Fsp3) is 0.316. The third-order valence-corrected chi connectivity index (χ3v) is 7.29. The molecule has 0 spiro atoms. The van der Waals surface area contributed by atoms with Crippen LogP contribution in [0.2, 0.25) is 5.02 Å². The van der Waals surface area contributed by atoms with Crippen molar-refractivity contribution in [3.8, 4) is 0 Å². The molecule has 1 saturated heterocycles. The SMILES string of the molecule is O=C1NCCCC[C@H]1N(Cc1cccc(I)c1)S(=O)(=O)c1ccc(Cl)cc1. The van der Waals surface area contributed by atoms with E-state index >= 15 is 0 Å². The van der Waals surface area contributed by atoms with Crippen molar-refractivity contribution in [3.63, 3.8) is 0 Å². The van der Waals surface area contributed by atoms with Gasteiger partial charge in [-0.25, -0.2) is 8.42 Å². The van der Waals surface area contributed by atoms with Crippen LogP contribution >= 0.6 is 34.2 Å². The van der Waals surface area contributed by atoms with E-state index in [2.05, 4.69) is 27.9 Å². The minimum atomic E-state index is -3.87. The van der Waals surface area contributed by atoms with Gasteiger partial charge in [-0.3, -0.25) is 4.79 Å². The average molecular weight is 519 g/mol. The molecule has 0 bridgehead atoms. The van der Waals surface area contributed by atoms with E-state index in [0.717, 1.165) is 22.0 Å². The lowest BCUT2D eigenvalue weighted by molar-refractivity contribution is -0.124. The predicted molar refractivity (Wildman–Crippen MR) is 114 cm³/mol. The highest BCUT2D eigenvalue weighted by Crippen LogP contribution is 2.26. The second-order valence-corrected chi connectivity index (χ2v) is 10.0. The molecule has 144 valence electrons. The smallest absolute Gasteiger partial charge is 0.244 e. The highest BCUT2D eigenvalue weighted by Gasteiger charge is 2.36. The van der Waals surface area contributed by atoms with Crippen LogP contribution in [-0.4, -0.2) is 31.2 Å². The normalized spacial score (nSPS) is 18.2. The zero-order valence-corrected chi connectivity index (χ0v) is 18.3. The van der Waals surface area contributed by atoms with Crippen LogP contribution in [0.5, 0.6) is 0 Å². The van der Waals surface area contributed by atoms with Gasteiger partial charge in [0.15, 0.2) is 0 Å². The van der Waals surface area contributed by atoms with Crippen LogP contribution in [0.3, 0.4) is 0 Å². The van der Waals surface area contributed by atoms with Crippen molar-refractivity contribution in [3.05, 3.63) is 62.7 Å². The molecule has 0 aliphatic carbocycles. The van der Waals surface area contributed by atoms with Crippen molar-refractivity contribution in [2.45, 2.75) is 36.7 Å². The Morgan fingerprint density at radius 1 is 1.15 bits per heavy atom. The van der Waals surface area contributed by atoms with Gasteiger partial charge in [-0.2, -0.15) is 4.31 Å². The molecule has 0 aromatic heterocycles. The zero-order valence-electron chi connectivity index (χ0n) is 14.6. The van der Waals surface area contributed by atoms with Gasteiger partial charge in [0.25, 0.3) is 0 Å². The first kappa shape index (κ1) is 20.6. The lowest BCUT2D eigenvalue weighted by Crippen LogP contribution is -2.48.